The van der Waals surface area contributed by atoms with Crippen molar-refractivity contribution in [1.29, 1.82) is 5.26 Å². The summed E-state index contributed by atoms with van der Waals surface area (Å²) in [5, 5.41) is 11.5. The maximum absolute atomic E-state index is 12.2. The van der Waals surface area contributed by atoms with Crippen LogP contribution in [0.3, 0.4) is 0 Å². The fourth-order valence-corrected chi connectivity index (χ4v) is 2.90. The summed E-state index contributed by atoms with van der Waals surface area (Å²) in [4.78, 5) is 25.7. The zero-order valence-electron chi connectivity index (χ0n) is 13.9. The molecule has 0 saturated carbocycles. The lowest BCUT2D eigenvalue weighted by molar-refractivity contribution is -0.117. The first-order valence-electron chi connectivity index (χ1n) is 8.31. The first-order chi connectivity index (χ1) is 12.2. The van der Waals surface area contributed by atoms with Crippen LogP contribution in [0.25, 0.3) is 0 Å². The molecule has 0 spiro atoms. The third-order valence-electron chi connectivity index (χ3n) is 4.21. The van der Waals surface area contributed by atoms with Gasteiger partial charge in [0.1, 0.15) is 0 Å². The second kappa shape index (κ2) is 7.63. The number of anilines is 2. The Balaban J connectivity index is 1.57. The molecule has 1 N–H and O–H groups in total. The second-order valence-electron chi connectivity index (χ2n) is 6.07. The summed E-state index contributed by atoms with van der Waals surface area (Å²) in [5.41, 5.74) is 3.42. The van der Waals surface area contributed by atoms with Crippen LogP contribution in [0.5, 0.6) is 0 Å². The largest absolute Gasteiger partial charge is 0.326 e. The van der Waals surface area contributed by atoms with E-state index in [0.29, 0.717) is 18.5 Å². The SMILES string of the molecule is N#CCc1ccc(NC(=O)Cc2ccc(N3CCCC3=O)cc2)cc1. The quantitative estimate of drug-likeness (QED) is 0.914. The van der Waals surface area contributed by atoms with Gasteiger partial charge in [-0.2, -0.15) is 5.26 Å². The maximum atomic E-state index is 12.2. The van der Waals surface area contributed by atoms with E-state index >= 15 is 0 Å². The highest BCUT2D eigenvalue weighted by molar-refractivity contribution is 5.95. The van der Waals surface area contributed by atoms with Gasteiger partial charge in [0.2, 0.25) is 11.8 Å². The first-order valence-corrected chi connectivity index (χ1v) is 8.31. The molecule has 0 aromatic heterocycles. The molecule has 1 aliphatic heterocycles. The summed E-state index contributed by atoms with van der Waals surface area (Å²) in [6.07, 6.45) is 2.14. The summed E-state index contributed by atoms with van der Waals surface area (Å²) < 4.78 is 0. The Labute approximate surface area is 146 Å². The summed E-state index contributed by atoms with van der Waals surface area (Å²) in [6, 6.07) is 16.9. The number of benzene rings is 2. The lowest BCUT2D eigenvalue weighted by Crippen LogP contribution is -2.23. The van der Waals surface area contributed by atoms with E-state index < -0.39 is 0 Å². The van der Waals surface area contributed by atoms with Gasteiger partial charge in [-0.3, -0.25) is 9.59 Å². The molecule has 25 heavy (non-hydrogen) atoms. The van der Waals surface area contributed by atoms with Crippen molar-refractivity contribution in [3.8, 4) is 6.07 Å². The Morgan fingerprint density at radius 3 is 2.36 bits per heavy atom. The number of carbonyl (C=O) groups excluding carboxylic acids is 2. The molecule has 1 fully saturated rings. The molecule has 2 amide bonds. The lowest BCUT2D eigenvalue weighted by Gasteiger charge is -2.15. The van der Waals surface area contributed by atoms with Gasteiger partial charge in [0, 0.05) is 24.3 Å². The highest BCUT2D eigenvalue weighted by Crippen LogP contribution is 2.21. The number of rotatable bonds is 5. The minimum absolute atomic E-state index is 0.0990. The Bertz CT molecular complexity index is 804. The second-order valence-corrected chi connectivity index (χ2v) is 6.07. The minimum Gasteiger partial charge on any atom is -0.326 e. The molecule has 5 nitrogen and oxygen atoms in total. The van der Waals surface area contributed by atoms with E-state index in [0.717, 1.165) is 29.8 Å². The van der Waals surface area contributed by atoms with Crippen LogP contribution >= 0.6 is 0 Å². The normalized spacial score (nSPS) is 13.6. The molecular formula is C20H19N3O2. The van der Waals surface area contributed by atoms with E-state index in [9.17, 15) is 9.59 Å². The third kappa shape index (κ3) is 4.24. The number of nitrogens with zero attached hydrogens (tertiary/aromatic N) is 2. The molecule has 0 unspecified atom stereocenters. The van der Waals surface area contributed by atoms with E-state index in [1.54, 1.807) is 17.0 Å². The van der Waals surface area contributed by atoms with Crippen LogP contribution < -0.4 is 10.2 Å². The van der Waals surface area contributed by atoms with Crippen LogP contribution in [-0.4, -0.2) is 18.4 Å². The molecule has 1 aliphatic rings. The van der Waals surface area contributed by atoms with Crippen LogP contribution in [0.15, 0.2) is 48.5 Å². The fraction of sp³-hybridized carbons (Fsp3) is 0.250. The molecule has 126 valence electrons. The predicted octanol–water partition coefficient (Wildman–Crippen LogP) is 3.06. The van der Waals surface area contributed by atoms with Crippen molar-refractivity contribution in [1.82, 2.24) is 0 Å². The van der Waals surface area contributed by atoms with Gasteiger partial charge in [-0.25, -0.2) is 0 Å². The highest BCUT2D eigenvalue weighted by atomic mass is 16.2. The van der Waals surface area contributed by atoms with Crippen molar-refractivity contribution in [3.05, 3.63) is 59.7 Å². The van der Waals surface area contributed by atoms with Gasteiger partial charge >= 0.3 is 0 Å². The Kier molecular flexibility index (Phi) is 5.10. The van der Waals surface area contributed by atoms with E-state index in [1.807, 2.05) is 36.4 Å². The molecule has 5 heteroatoms. The van der Waals surface area contributed by atoms with Crippen molar-refractivity contribution in [2.75, 3.05) is 16.8 Å². The number of carbonyl (C=O) groups is 2. The van der Waals surface area contributed by atoms with E-state index in [2.05, 4.69) is 11.4 Å². The zero-order valence-corrected chi connectivity index (χ0v) is 13.9. The molecule has 1 heterocycles. The molecular weight excluding hydrogens is 314 g/mol. The topological polar surface area (TPSA) is 73.2 Å². The number of nitriles is 1. The summed E-state index contributed by atoms with van der Waals surface area (Å²) in [7, 11) is 0. The van der Waals surface area contributed by atoms with Crippen LogP contribution in [0, 0.1) is 11.3 Å². The van der Waals surface area contributed by atoms with Crippen LogP contribution in [0.2, 0.25) is 0 Å². The minimum atomic E-state index is -0.0990. The van der Waals surface area contributed by atoms with Crippen molar-refractivity contribution in [2.24, 2.45) is 0 Å². The van der Waals surface area contributed by atoms with Crippen LogP contribution in [0.1, 0.15) is 24.0 Å². The maximum Gasteiger partial charge on any atom is 0.228 e. The summed E-state index contributed by atoms with van der Waals surface area (Å²) >= 11 is 0. The van der Waals surface area contributed by atoms with Crippen molar-refractivity contribution in [2.45, 2.75) is 25.7 Å². The number of amides is 2. The average molecular weight is 333 g/mol. The number of hydrogen-bond donors (Lipinski definition) is 1. The lowest BCUT2D eigenvalue weighted by atomic mass is 10.1. The van der Waals surface area contributed by atoms with Crippen LogP contribution in [0.4, 0.5) is 11.4 Å². The first kappa shape index (κ1) is 16.7. The van der Waals surface area contributed by atoms with Gasteiger partial charge in [0.05, 0.1) is 18.9 Å². The van der Waals surface area contributed by atoms with Crippen molar-refractivity contribution in [3.63, 3.8) is 0 Å². The Hall–Kier alpha value is -3.13. The number of nitrogens with one attached hydrogen (secondary N) is 1. The molecule has 0 radical (unpaired) electrons. The van der Waals surface area contributed by atoms with Gasteiger partial charge in [-0.15, -0.1) is 0 Å². The average Bonchev–Trinajstić information content (AvgIpc) is 3.03. The summed E-state index contributed by atoms with van der Waals surface area (Å²) in [6.45, 7) is 0.764. The molecule has 3 rings (SSSR count). The zero-order chi connectivity index (χ0) is 17.6. The van der Waals surface area contributed by atoms with Crippen molar-refractivity contribution < 1.29 is 9.59 Å². The molecule has 0 atom stereocenters. The van der Waals surface area contributed by atoms with E-state index in [1.165, 1.54) is 0 Å². The molecule has 1 saturated heterocycles. The highest BCUT2D eigenvalue weighted by Gasteiger charge is 2.21. The van der Waals surface area contributed by atoms with Gasteiger partial charge in [0.15, 0.2) is 0 Å². The standard InChI is InChI=1S/C20H19N3O2/c21-12-11-15-3-7-17(8-4-15)22-19(24)14-16-5-9-18(10-6-16)23-13-1-2-20(23)25/h3-10H,1-2,11,13-14H2,(H,22,24). The Morgan fingerprint density at radius 2 is 1.76 bits per heavy atom. The predicted molar refractivity (Wildman–Crippen MR) is 96.1 cm³/mol. The molecule has 0 bridgehead atoms. The smallest absolute Gasteiger partial charge is 0.228 e. The Morgan fingerprint density at radius 1 is 1.08 bits per heavy atom. The number of hydrogen-bond acceptors (Lipinski definition) is 3. The van der Waals surface area contributed by atoms with Gasteiger partial charge in [-0.05, 0) is 41.8 Å². The van der Waals surface area contributed by atoms with Gasteiger partial charge in [-0.1, -0.05) is 24.3 Å². The summed E-state index contributed by atoms with van der Waals surface area (Å²) in [5.74, 6) is 0.0587. The fourth-order valence-electron chi connectivity index (χ4n) is 2.90. The van der Waals surface area contributed by atoms with E-state index in [4.69, 9.17) is 5.26 Å². The van der Waals surface area contributed by atoms with E-state index in [-0.39, 0.29) is 18.2 Å². The molecule has 0 aliphatic carbocycles. The third-order valence-corrected chi connectivity index (χ3v) is 4.21. The van der Waals surface area contributed by atoms with Crippen molar-refractivity contribution >= 4 is 23.2 Å². The van der Waals surface area contributed by atoms with Gasteiger partial charge in [0.25, 0.3) is 0 Å². The monoisotopic (exact) mass is 333 g/mol. The van der Waals surface area contributed by atoms with Gasteiger partial charge < -0.3 is 10.2 Å². The van der Waals surface area contributed by atoms with Crippen LogP contribution in [-0.2, 0) is 22.4 Å². The molecule has 2 aromatic carbocycles. The molecule has 2 aromatic rings.